The predicted octanol–water partition coefficient (Wildman–Crippen LogP) is 2.25. The molecule has 2 aliphatic rings. The second-order valence-corrected chi connectivity index (χ2v) is 5.96. The Bertz CT molecular complexity index is 359. The fourth-order valence-corrected chi connectivity index (χ4v) is 3.33. The van der Waals surface area contributed by atoms with Crippen LogP contribution in [0.15, 0.2) is 12.7 Å². The number of hydrogen-bond acceptors (Lipinski definition) is 2. The van der Waals surface area contributed by atoms with Crippen LogP contribution in [0.5, 0.6) is 0 Å². The van der Waals surface area contributed by atoms with Gasteiger partial charge >= 0.3 is 0 Å². The first-order chi connectivity index (χ1) is 9.72. The topological polar surface area (TPSA) is 49.4 Å². The molecule has 1 saturated heterocycles. The Morgan fingerprint density at radius 3 is 2.60 bits per heavy atom. The summed E-state index contributed by atoms with van der Waals surface area (Å²) in [5.74, 6) is 0.261. The van der Waals surface area contributed by atoms with Crippen LogP contribution in [0.2, 0.25) is 0 Å². The maximum absolute atomic E-state index is 12.2. The van der Waals surface area contributed by atoms with Gasteiger partial charge in [-0.15, -0.1) is 6.58 Å². The number of piperidine rings is 1. The molecule has 1 saturated carbocycles. The fraction of sp³-hybridized carbons (Fsp3) is 0.750. The molecule has 1 heterocycles. The van der Waals surface area contributed by atoms with Crippen LogP contribution in [0.1, 0.15) is 51.4 Å². The molecule has 1 aliphatic carbocycles. The minimum absolute atomic E-state index is 0.0455. The predicted molar refractivity (Wildman–Crippen MR) is 79.1 cm³/mol. The average Bonchev–Trinajstić information content (AvgIpc) is 2.74. The number of amides is 2. The third-order valence-corrected chi connectivity index (χ3v) is 4.50. The number of hydrogen-bond donors (Lipinski definition) is 1. The van der Waals surface area contributed by atoms with Crippen molar-refractivity contribution in [1.29, 1.82) is 0 Å². The van der Waals surface area contributed by atoms with Crippen LogP contribution in [0.3, 0.4) is 0 Å². The number of nitrogens with zero attached hydrogens (tertiary/aromatic N) is 1. The van der Waals surface area contributed by atoms with E-state index in [9.17, 15) is 9.59 Å². The van der Waals surface area contributed by atoms with E-state index in [2.05, 4.69) is 11.9 Å². The fourth-order valence-electron chi connectivity index (χ4n) is 3.33. The van der Waals surface area contributed by atoms with E-state index in [1.54, 1.807) is 6.08 Å². The zero-order valence-corrected chi connectivity index (χ0v) is 12.3. The Kier molecular flexibility index (Phi) is 5.62. The van der Waals surface area contributed by atoms with Crippen molar-refractivity contribution >= 4 is 11.8 Å². The quantitative estimate of drug-likeness (QED) is 0.633. The van der Waals surface area contributed by atoms with Crippen LogP contribution in [-0.4, -0.2) is 35.8 Å². The lowest BCUT2D eigenvalue weighted by Crippen LogP contribution is -2.50. The molecule has 0 aromatic heterocycles. The molecule has 4 heteroatoms. The van der Waals surface area contributed by atoms with E-state index >= 15 is 0 Å². The van der Waals surface area contributed by atoms with Crippen molar-refractivity contribution < 1.29 is 9.59 Å². The Hall–Kier alpha value is -1.32. The number of rotatable bonds is 4. The van der Waals surface area contributed by atoms with Gasteiger partial charge in [-0.3, -0.25) is 9.59 Å². The molecular formula is C16H26N2O2. The maximum atomic E-state index is 12.2. The van der Waals surface area contributed by atoms with Crippen molar-refractivity contribution in [1.82, 2.24) is 10.2 Å². The van der Waals surface area contributed by atoms with Crippen LogP contribution >= 0.6 is 0 Å². The molecule has 4 nitrogen and oxygen atoms in total. The van der Waals surface area contributed by atoms with Gasteiger partial charge in [0.25, 0.3) is 0 Å². The van der Waals surface area contributed by atoms with Crippen molar-refractivity contribution in [2.75, 3.05) is 13.1 Å². The molecule has 1 N–H and O–H groups in total. The first-order valence-electron chi connectivity index (χ1n) is 7.90. The molecule has 2 amide bonds. The summed E-state index contributed by atoms with van der Waals surface area (Å²) in [7, 11) is 0. The normalized spacial score (nSPS) is 25.1. The van der Waals surface area contributed by atoms with Crippen LogP contribution < -0.4 is 5.32 Å². The second kappa shape index (κ2) is 7.46. The molecule has 0 spiro atoms. The lowest BCUT2D eigenvalue weighted by Gasteiger charge is -2.37. The Morgan fingerprint density at radius 2 is 1.95 bits per heavy atom. The molecule has 20 heavy (non-hydrogen) atoms. The highest BCUT2D eigenvalue weighted by molar-refractivity contribution is 5.84. The minimum Gasteiger partial charge on any atom is -0.352 e. The third kappa shape index (κ3) is 3.84. The number of carbonyl (C=O) groups is 2. The van der Waals surface area contributed by atoms with Gasteiger partial charge in [0.05, 0.1) is 5.92 Å². The van der Waals surface area contributed by atoms with E-state index in [0.29, 0.717) is 32.0 Å². The average molecular weight is 278 g/mol. The van der Waals surface area contributed by atoms with Crippen molar-refractivity contribution in [2.45, 2.75) is 57.4 Å². The molecule has 2 fully saturated rings. The highest BCUT2D eigenvalue weighted by Gasteiger charge is 2.33. The molecule has 0 aromatic carbocycles. The van der Waals surface area contributed by atoms with Crippen molar-refractivity contribution in [3.63, 3.8) is 0 Å². The second-order valence-electron chi connectivity index (χ2n) is 5.96. The number of likely N-dealkylation sites (tertiary alicyclic amines) is 1. The summed E-state index contributed by atoms with van der Waals surface area (Å²) < 4.78 is 0. The van der Waals surface area contributed by atoms with Gasteiger partial charge in [0.15, 0.2) is 0 Å². The van der Waals surface area contributed by atoms with Gasteiger partial charge in [-0.2, -0.15) is 0 Å². The van der Waals surface area contributed by atoms with E-state index in [-0.39, 0.29) is 17.7 Å². The monoisotopic (exact) mass is 278 g/mol. The molecular weight excluding hydrogens is 252 g/mol. The summed E-state index contributed by atoms with van der Waals surface area (Å²) in [4.78, 5) is 26.2. The van der Waals surface area contributed by atoms with E-state index < -0.39 is 0 Å². The highest BCUT2D eigenvalue weighted by Crippen LogP contribution is 2.27. The molecule has 0 radical (unpaired) electrons. The molecule has 0 unspecified atom stereocenters. The zero-order chi connectivity index (χ0) is 14.4. The minimum atomic E-state index is -0.0455. The summed E-state index contributed by atoms with van der Waals surface area (Å²) >= 11 is 0. The van der Waals surface area contributed by atoms with Crippen molar-refractivity contribution in [3.8, 4) is 0 Å². The SMILES string of the molecule is C=CCNC(=O)[C@@H]1CCC(=O)N(C2CCCCCC2)C1. The van der Waals surface area contributed by atoms with Crippen LogP contribution in [-0.2, 0) is 9.59 Å². The largest absolute Gasteiger partial charge is 0.352 e. The van der Waals surface area contributed by atoms with Gasteiger partial charge in [0.1, 0.15) is 0 Å². The van der Waals surface area contributed by atoms with Gasteiger partial charge in [0.2, 0.25) is 11.8 Å². The molecule has 112 valence electrons. The summed E-state index contributed by atoms with van der Waals surface area (Å²) in [6.07, 6.45) is 10.1. The van der Waals surface area contributed by atoms with E-state index in [1.165, 1.54) is 25.7 Å². The Balaban J connectivity index is 1.94. The standard InChI is InChI=1S/C16H26N2O2/c1-2-11-17-16(20)13-9-10-15(19)18(12-13)14-7-5-3-4-6-8-14/h2,13-14H,1,3-12H2,(H,17,20)/t13-/m1/s1. The van der Waals surface area contributed by atoms with Gasteiger partial charge in [-0.25, -0.2) is 0 Å². The van der Waals surface area contributed by atoms with Gasteiger partial charge in [-0.1, -0.05) is 31.8 Å². The van der Waals surface area contributed by atoms with Crippen LogP contribution in [0.25, 0.3) is 0 Å². The number of carbonyl (C=O) groups excluding carboxylic acids is 2. The van der Waals surface area contributed by atoms with Gasteiger partial charge in [-0.05, 0) is 19.3 Å². The third-order valence-electron chi connectivity index (χ3n) is 4.50. The van der Waals surface area contributed by atoms with Crippen LogP contribution in [0.4, 0.5) is 0 Å². The molecule has 0 aromatic rings. The summed E-state index contributed by atoms with van der Waals surface area (Å²) in [6.45, 7) is 4.72. The Morgan fingerprint density at radius 1 is 1.25 bits per heavy atom. The van der Waals surface area contributed by atoms with E-state index in [4.69, 9.17) is 0 Å². The van der Waals surface area contributed by atoms with Crippen LogP contribution in [0, 0.1) is 5.92 Å². The smallest absolute Gasteiger partial charge is 0.225 e. The lowest BCUT2D eigenvalue weighted by molar-refractivity contribution is -0.141. The Labute approximate surface area is 121 Å². The summed E-state index contributed by atoms with van der Waals surface area (Å²) in [6, 6.07) is 0.361. The first kappa shape index (κ1) is 15.1. The number of nitrogens with one attached hydrogen (secondary N) is 1. The first-order valence-corrected chi connectivity index (χ1v) is 7.90. The summed E-state index contributed by atoms with van der Waals surface area (Å²) in [5.41, 5.74) is 0. The van der Waals surface area contributed by atoms with Crippen molar-refractivity contribution in [3.05, 3.63) is 12.7 Å². The lowest BCUT2D eigenvalue weighted by atomic mass is 9.93. The molecule has 2 rings (SSSR count). The van der Waals surface area contributed by atoms with Gasteiger partial charge < -0.3 is 10.2 Å². The van der Waals surface area contributed by atoms with E-state index in [0.717, 1.165) is 12.8 Å². The maximum Gasteiger partial charge on any atom is 0.225 e. The summed E-state index contributed by atoms with van der Waals surface area (Å²) in [5, 5.41) is 2.86. The van der Waals surface area contributed by atoms with Crippen molar-refractivity contribution in [2.24, 2.45) is 5.92 Å². The molecule has 1 aliphatic heterocycles. The molecule has 0 bridgehead atoms. The van der Waals surface area contributed by atoms with Gasteiger partial charge in [0, 0.05) is 25.6 Å². The highest BCUT2D eigenvalue weighted by atomic mass is 16.2. The zero-order valence-electron chi connectivity index (χ0n) is 12.3. The molecule has 1 atom stereocenters. The van der Waals surface area contributed by atoms with E-state index in [1.807, 2.05) is 4.90 Å².